The quantitative estimate of drug-likeness (QED) is 0.585. The maximum Gasteiger partial charge on any atom is 0.189 e. The van der Waals surface area contributed by atoms with Crippen LogP contribution in [0.1, 0.15) is 44.1 Å². The van der Waals surface area contributed by atoms with Crippen LogP contribution in [-0.2, 0) is 16.0 Å². The summed E-state index contributed by atoms with van der Waals surface area (Å²) in [5, 5.41) is 3.15. The van der Waals surface area contributed by atoms with Crippen LogP contribution in [0, 0.1) is 0 Å². The standard InChI is InChI=1S/C20H31N3O4/c1-24-17-8-7-15(11-18(17)25-2)12-22-19(21)23-13-16-14-26-20(27-16)9-5-3-4-6-10-20/h7-8,11,16H,3-6,9-10,12-14H2,1-2H3,(H3,21,22,23). The largest absolute Gasteiger partial charge is 0.493 e. The molecule has 1 spiro atoms. The van der Waals surface area contributed by atoms with Crippen LogP contribution in [-0.4, -0.2) is 45.2 Å². The van der Waals surface area contributed by atoms with Gasteiger partial charge in [-0.3, -0.25) is 0 Å². The number of nitrogens with one attached hydrogen (secondary N) is 1. The van der Waals surface area contributed by atoms with E-state index in [0.29, 0.717) is 37.2 Å². The zero-order chi connectivity index (χ0) is 19.1. The van der Waals surface area contributed by atoms with Crippen molar-refractivity contribution in [1.29, 1.82) is 0 Å². The molecule has 1 unspecified atom stereocenters. The molecular formula is C20H31N3O4. The van der Waals surface area contributed by atoms with Gasteiger partial charge in [0, 0.05) is 19.4 Å². The van der Waals surface area contributed by atoms with E-state index in [9.17, 15) is 0 Å². The number of ether oxygens (including phenoxy) is 4. The van der Waals surface area contributed by atoms with Crippen LogP contribution in [0.3, 0.4) is 0 Å². The molecule has 1 saturated heterocycles. The van der Waals surface area contributed by atoms with Crippen LogP contribution in [0.15, 0.2) is 23.2 Å². The molecule has 2 fully saturated rings. The van der Waals surface area contributed by atoms with E-state index in [1.54, 1.807) is 14.2 Å². The number of hydrogen-bond acceptors (Lipinski definition) is 5. The monoisotopic (exact) mass is 377 g/mol. The topological polar surface area (TPSA) is 87.3 Å². The van der Waals surface area contributed by atoms with Gasteiger partial charge >= 0.3 is 0 Å². The van der Waals surface area contributed by atoms with Gasteiger partial charge in [-0.1, -0.05) is 18.9 Å². The fraction of sp³-hybridized carbons (Fsp3) is 0.650. The van der Waals surface area contributed by atoms with Gasteiger partial charge in [0.2, 0.25) is 0 Å². The molecule has 1 aliphatic carbocycles. The lowest BCUT2D eigenvalue weighted by Gasteiger charge is -2.26. The lowest BCUT2D eigenvalue weighted by atomic mass is 10.1. The summed E-state index contributed by atoms with van der Waals surface area (Å²) in [6.07, 6.45) is 6.89. The van der Waals surface area contributed by atoms with Gasteiger partial charge in [-0.05, 0) is 30.5 Å². The van der Waals surface area contributed by atoms with E-state index in [-0.39, 0.29) is 11.9 Å². The van der Waals surface area contributed by atoms with Gasteiger partial charge in [0.15, 0.2) is 23.2 Å². The van der Waals surface area contributed by atoms with Gasteiger partial charge in [0.25, 0.3) is 0 Å². The predicted octanol–water partition coefficient (Wildman–Crippen LogP) is 2.57. The third-order valence-corrected chi connectivity index (χ3v) is 5.17. The van der Waals surface area contributed by atoms with Gasteiger partial charge in [-0.25, -0.2) is 4.99 Å². The second-order valence-electron chi connectivity index (χ2n) is 7.15. The molecule has 150 valence electrons. The minimum absolute atomic E-state index is 0.0120. The maximum absolute atomic E-state index is 6.21. The fourth-order valence-electron chi connectivity index (χ4n) is 3.68. The summed E-state index contributed by atoms with van der Waals surface area (Å²) in [6, 6.07) is 5.71. The van der Waals surface area contributed by atoms with Crippen molar-refractivity contribution in [2.24, 2.45) is 10.7 Å². The summed E-state index contributed by atoms with van der Waals surface area (Å²) in [5.74, 6) is 1.41. The van der Waals surface area contributed by atoms with Gasteiger partial charge in [-0.2, -0.15) is 0 Å². The fourth-order valence-corrected chi connectivity index (χ4v) is 3.68. The zero-order valence-corrected chi connectivity index (χ0v) is 16.3. The Balaban J connectivity index is 1.47. The molecular weight excluding hydrogens is 346 g/mol. The van der Waals surface area contributed by atoms with Crippen molar-refractivity contribution in [3.05, 3.63) is 23.8 Å². The Hall–Kier alpha value is -1.99. The highest BCUT2D eigenvalue weighted by molar-refractivity contribution is 5.77. The van der Waals surface area contributed by atoms with Crippen molar-refractivity contribution in [2.75, 3.05) is 27.4 Å². The Morgan fingerprint density at radius 2 is 1.93 bits per heavy atom. The molecule has 0 amide bonds. The average Bonchev–Trinajstić information content (AvgIpc) is 2.95. The molecule has 1 aliphatic heterocycles. The van der Waals surface area contributed by atoms with Crippen molar-refractivity contribution in [3.63, 3.8) is 0 Å². The van der Waals surface area contributed by atoms with Crippen molar-refractivity contribution in [1.82, 2.24) is 5.32 Å². The number of aliphatic imine (C=N–C) groups is 1. The van der Waals surface area contributed by atoms with Gasteiger partial charge < -0.3 is 30.0 Å². The van der Waals surface area contributed by atoms with Crippen molar-refractivity contribution >= 4 is 5.96 Å². The molecule has 3 rings (SSSR count). The van der Waals surface area contributed by atoms with Gasteiger partial charge in [0.05, 0.1) is 27.4 Å². The molecule has 1 saturated carbocycles. The van der Waals surface area contributed by atoms with E-state index >= 15 is 0 Å². The number of nitrogens with zero attached hydrogens (tertiary/aromatic N) is 1. The molecule has 0 aromatic heterocycles. The Kier molecular flexibility index (Phi) is 6.79. The number of methoxy groups -OCH3 is 2. The zero-order valence-electron chi connectivity index (χ0n) is 16.3. The SMILES string of the molecule is COc1ccc(CN=C(N)NCC2COC3(CCCCCC3)O2)cc1OC. The summed E-state index contributed by atoms with van der Waals surface area (Å²) < 4.78 is 22.8. The van der Waals surface area contributed by atoms with E-state index in [2.05, 4.69) is 10.3 Å². The summed E-state index contributed by atoms with van der Waals surface area (Å²) >= 11 is 0. The van der Waals surface area contributed by atoms with E-state index < -0.39 is 0 Å². The van der Waals surface area contributed by atoms with Gasteiger partial charge in [-0.15, -0.1) is 0 Å². The second-order valence-corrected chi connectivity index (χ2v) is 7.15. The first kappa shape index (κ1) is 19.8. The molecule has 2 aliphatic rings. The highest BCUT2D eigenvalue weighted by Crippen LogP contribution is 2.36. The summed E-state index contributed by atoms with van der Waals surface area (Å²) in [6.45, 7) is 1.67. The van der Waals surface area contributed by atoms with Crippen molar-refractivity contribution in [3.8, 4) is 11.5 Å². The average molecular weight is 377 g/mol. The van der Waals surface area contributed by atoms with Crippen LogP contribution in [0.25, 0.3) is 0 Å². The highest BCUT2D eigenvalue weighted by atomic mass is 16.7. The smallest absolute Gasteiger partial charge is 0.189 e. The Bertz CT molecular complexity index is 642. The van der Waals surface area contributed by atoms with Crippen LogP contribution < -0.4 is 20.5 Å². The lowest BCUT2D eigenvalue weighted by molar-refractivity contribution is -0.175. The molecule has 1 heterocycles. The molecule has 1 atom stereocenters. The number of benzene rings is 1. The first-order chi connectivity index (χ1) is 13.1. The third-order valence-electron chi connectivity index (χ3n) is 5.17. The maximum atomic E-state index is 6.21. The van der Waals surface area contributed by atoms with E-state index in [0.717, 1.165) is 18.4 Å². The normalized spacial score (nSPS) is 22.4. The first-order valence-electron chi connectivity index (χ1n) is 9.70. The van der Waals surface area contributed by atoms with Crippen LogP contribution in [0.5, 0.6) is 11.5 Å². The number of nitrogens with two attached hydrogens (primary N) is 1. The van der Waals surface area contributed by atoms with Crippen molar-refractivity contribution in [2.45, 2.75) is 57.0 Å². The molecule has 0 radical (unpaired) electrons. The summed E-state index contributed by atoms with van der Waals surface area (Å²) in [4.78, 5) is 4.40. The molecule has 7 nitrogen and oxygen atoms in total. The van der Waals surface area contributed by atoms with Crippen LogP contribution >= 0.6 is 0 Å². The minimum atomic E-state index is -0.367. The third kappa shape index (κ3) is 5.26. The first-order valence-corrected chi connectivity index (χ1v) is 9.70. The summed E-state index contributed by atoms with van der Waals surface area (Å²) in [7, 11) is 3.23. The number of hydrogen-bond donors (Lipinski definition) is 2. The number of guanidine groups is 1. The molecule has 0 bridgehead atoms. The van der Waals surface area contributed by atoms with Crippen molar-refractivity contribution < 1.29 is 18.9 Å². The Morgan fingerprint density at radius 1 is 1.19 bits per heavy atom. The molecule has 1 aromatic rings. The van der Waals surface area contributed by atoms with Crippen LogP contribution in [0.4, 0.5) is 0 Å². The van der Waals surface area contributed by atoms with E-state index in [1.165, 1.54) is 25.7 Å². The lowest BCUT2D eigenvalue weighted by Crippen LogP contribution is -2.39. The van der Waals surface area contributed by atoms with E-state index in [1.807, 2.05) is 18.2 Å². The molecule has 27 heavy (non-hydrogen) atoms. The summed E-state index contributed by atoms with van der Waals surface area (Å²) in [5.41, 5.74) is 7.00. The highest BCUT2D eigenvalue weighted by Gasteiger charge is 2.41. The Morgan fingerprint density at radius 3 is 2.63 bits per heavy atom. The molecule has 7 heteroatoms. The second kappa shape index (κ2) is 9.28. The predicted molar refractivity (Wildman–Crippen MR) is 104 cm³/mol. The molecule has 1 aromatic carbocycles. The van der Waals surface area contributed by atoms with Crippen LogP contribution in [0.2, 0.25) is 0 Å². The van der Waals surface area contributed by atoms with Gasteiger partial charge in [0.1, 0.15) is 6.10 Å². The molecule has 3 N–H and O–H groups in total. The Labute approximate surface area is 161 Å². The minimum Gasteiger partial charge on any atom is -0.493 e. The van der Waals surface area contributed by atoms with E-state index in [4.69, 9.17) is 24.7 Å². The number of rotatable bonds is 6.